The van der Waals surface area contributed by atoms with Crippen molar-refractivity contribution in [2.24, 2.45) is 5.92 Å². The second kappa shape index (κ2) is 7.49. The molecule has 2 heteroatoms. The van der Waals surface area contributed by atoms with E-state index in [9.17, 15) is 0 Å². The fourth-order valence-electron chi connectivity index (χ4n) is 3.55. The van der Waals surface area contributed by atoms with E-state index in [0.29, 0.717) is 11.6 Å². The normalized spacial score (nSPS) is 21.5. The van der Waals surface area contributed by atoms with Crippen molar-refractivity contribution in [3.05, 3.63) is 0 Å². The molecule has 0 spiro atoms. The maximum Gasteiger partial charge on any atom is 0.0356 e. The Balaban J connectivity index is 2.81. The van der Waals surface area contributed by atoms with E-state index in [1.54, 1.807) is 0 Å². The minimum Gasteiger partial charge on any atom is -0.312 e. The van der Waals surface area contributed by atoms with Gasteiger partial charge in [0.15, 0.2) is 0 Å². The Morgan fingerprint density at radius 3 is 2.17 bits per heavy atom. The smallest absolute Gasteiger partial charge is 0.0356 e. The monoisotopic (exact) mass is 254 g/mol. The Labute approximate surface area is 115 Å². The summed E-state index contributed by atoms with van der Waals surface area (Å²) in [6.07, 6.45) is 9.51. The van der Waals surface area contributed by atoms with Crippen LogP contribution in [-0.2, 0) is 0 Å². The molecule has 0 radical (unpaired) electrons. The lowest BCUT2D eigenvalue weighted by Gasteiger charge is -2.49. The van der Waals surface area contributed by atoms with Gasteiger partial charge in [0.05, 0.1) is 0 Å². The first kappa shape index (κ1) is 16.0. The van der Waals surface area contributed by atoms with Crippen molar-refractivity contribution in [3.8, 4) is 0 Å². The van der Waals surface area contributed by atoms with Crippen molar-refractivity contribution < 1.29 is 0 Å². The maximum atomic E-state index is 3.85. The zero-order valence-corrected chi connectivity index (χ0v) is 13.3. The standard InChI is InChI=1S/C16H34N2/c1-6-12-17-15(13-14(2)3)16(18(4)5)10-8-7-9-11-16/h14-15,17H,6-13H2,1-5H3. The molecular weight excluding hydrogens is 220 g/mol. The second-order valence-corrected chi connectivity index (χ2v) is 6.69. The van der Waals surface area contributed by atoms with Crippen LogP contribution < -0.4 is 5.32 Å². The van der Waals surface area contributed by atoms with Crippen molar-refractivity contribution in [1.29, 1.82) is 0 Å². The highest BCUT2D eigenvalue weighted by atomic mass is 15.2. The van der Waals surface area contributed by atoms with E-state index in [1.807, 2.05) is 0 Å². The molecule has 1 rings (SSSR count). The van der Waals surface area contributed by atoms with E-state index in [-0.39, 0.29) is 0 Å². The molecule has 1 aliphatic carbocycles. The van der Waals surface area contributed by atoms with Crippen LogP contribution >= 0.6 is 0 Å². The SMILES string of the molecule is CCCNC(CC(C)C)C1(N(C)C)CCCCC1. The summed E-state index contributed by atoms with van der Waals surface area (Å²) in [5.74, 6) is 0.776. The molecule has 0 aromatic carbocycles. The average molecular weight is 254 g/mol. The van der Waals surface area contributed by atoms with Gasteiger partial charge in [-0.25, -0.2) is 0 Å². The minimum absolute atomic E-state index is 0.400. The molecule has 1 saturated carbocycles. The number of likely N-dealkylation sites (N-methyl/N-ethyl adjacent to an activating group) is 1. The number of nitrogens with zero attached hydrogens (tertiary/aromatic N) is 1. The molecule has 18 heavy (non-hydrogen) atoms. The van der Waals surface area contributed by atoms with Gasteiger partial charge in [-0.2, -0.15) is 0 Å². The lowest BCUT2D eigenvalue weighted by Crippen LogP contribution is -2.60. The Morgan fingerprint density at radius 1 is 1.11 bits per heavy atom. The Bertz CT molecular complexity index is 217. The second-order valence-electron chi connectivity index (χ2n) is 6.69. The lowest BCUT2D eigenvalue weighted by molar-refractivity contribution is 0.0486. The highest BCUT2D eigenvalue weighted by molar-refractivity contribution is 5.00. The average Bonchev–Trinajstić information content (AvgIpc) is 2.34. The Hall–Kier alpha value is -0.0800. The van der Waals surface area contributed by atoms with Crippen molar-refractivity contribution in [1.82, 2.24) is 10.2 Å². The number of hydrogen-bond donors (Lipinski definition) is 1. The molecular formula is C16H34N2. The van der Waals surface area contributed by atoms with Crippen LogP contribution in [0.2, 0.25) is 0 Å². The molecule has 2 nitrogen and oxygen atoms in total. The van der Waals surface area contributed by atoms with E-state index in [2.05, 4.69) is 45.1 Å². The number of rotatable bonds is 7. The first-order valence-corrected chi connectivity index (χ1v) is 7.93. The van der Waals surface area contributed by atoms with E-state index >= 15 is 0 Å². The van der Waals surface area contributed by atoms with Crippen LogP contribution in [0.4, 0.5) is 0 Å². The van der Waals surface area contributed by atoms with Gasteiger partial charge in [-0.15, -0.1) is 0 Å². The van der Waals surface area contributed by atoms with Crippen molar-refractivity contribution in [2.45, 2.75) is 77.3 Å². The fraction of sp³-hybridized carbons (Fsp3) is 1.00. The van der Waals surface area contributed by atoms with Crippen LogP contribution in [0.3, 0.4) is 0 Å². The number of nitrogens with one attached hydrogen (secondary N) is 1. The van der Waals surface area contributed by atoms with Gasteiger partial charge < -0.3 is 10.2 Å². The molecule has 1 aliphatic rings. The summed E-state index contributed by atoms with van der Waals surface area (Å²) < 4.78 is 0. The predicted octanol–water partition coefficient (Wildman–Crippen LogP) is 3.67. The molecule has 0 aromatic heterocycles. The van der Waals surface area contributed by atoms with Crippen LogP contribution in [0.25, 0.3) is 0 Å². The zero-order chi connectivity index (χ0) is 13.6. The Kier molecular flexibility index (Phi) is 6.65. The third-order valence-electron chi connectivity index (χ3n) is 4.61. The van der Waals surface area contributed by atoms with Gasteiger partial charge in [0.25, 0.3) is 0 Å². The quantitative estimate of drug-likeness (QED) is 0.746. The highest BCUT2D eigenvalue weighted by Gasteiger charge is 2.41. The van der Waals surface area contributed by atoms with Gasteiger partial charge in [-0.3, -0.25) is 0 Å². The van der Waals surface area contributed by atoms with E-state index in [0.717, 1.165) is 12.5 Å². The van der Waals surface area contributed by atoms with Crippen LogP contribution in [0.1, 0.15) is 65.7 Å². The van der Waals surface area contributed by atoms with Gasteiger partial charge in [0.2, 0.25) is 0 Å². The summed E-state index contributed by atoms with van der Waals surface area (Å²) in [6, 6.07) is 0.660. The van der Waals surface area contributed by atoms with Crippen LogP contribution in [-0.4, -0.2) is 37.1 Å². The van der Waals surface area contributed by atoms with E-state index < -0.39 is 0 Å². The Morgan fingerprint density at radius 2 is 1.72 bits per heavy atom. The molecule has 108 valence electrons. The molecule has 0 saturated heterocycles. The summed E-state index contributed by atoms with van der Waals surface area (Å²) >= 11 is 0. The van der Waals surface area contributed by atoms with Crippen LogP contribution in [0.15, 0.2) is 0 Å². The largest absolute Gasteiger partial charge is 0.312 e. The van der Waals surface area contributed by atoms with Gasteiger partial charge >= 0.3 is 0 Å². The molecule has 1 unspecified atom stereocenters. The summed E-state index contributed by atoms with van der Waals surface area (Å²) in [5.41, 5.74) is 0.400. The molecule has 0 heterocycles. The predicted molar refractivity (Wildman–Crippen MR) is 81.0 cm³/mol. The topological polar surface area (TPSA) is 15.3 Å². The molecule has 0 amide bonds. The fourth-order valence-corrected chi connectivity index (χ4v) is 3.55. The highest BCUT2D eigenvalue weighted by Crippen LogP contribution is 2.37. The van der Waals surface area contributed by atoms with E-state index in [1.165, 1.54) is 44.9 Å². The third kappa shape index (κ3) is 3.96. The van der Waals surface area contributed by atoms with Crippen LogP contribution in [0.5, 0.6) is 0 Å². The first-order chi connectivity index (χ1) is 8.53. The first-order valence-electron chi connectivity index (χ1n) is 7.93. The summed E-state index contributed by atoms with van der Waals surface area (Å²) in [5, 5.41) is 3.85. The zero-order valence-electron chi connectivity index (χ0n) is 13.3. The maximum absolute atomic E-state index is 3.85. The molecule has 0 aromatic rings. The van der Waals surface area contributed by atoms with Gasteiger partial charge in [-0.1, -0.05) is 40.0 Å². The summed E-state index contributed by atoms with van der Waals surface area (Å²) in [7, 11) is 4.57. The third-order valence-corrected chi connectivity index (χ3v) is 4.61. The number of hydrogen-bond acceptors (Lipinski definition) is 2. The van der Waals surface area contributed by atoms with Crippen LogP contribution in [0, 0.1) is 5.92 Å². The lowest BCUT2D eigenvalue weighted by atomic mass is 9.73. The molecule has 1 atom stereocenters. The van der Waals surface area contributed by atoms with Gasteiger partial charge in [-0.05, 0) is 52.2 Å². The summed E-state index contributed by atoms with van der Waals surface area (Å²) in [6.45, 7) is 8.13. The van der Waals surface area contributed by atoms with E-state index in [4.69, 9.17) is 0 Å². The molecule has 1 N–H and O–H groups in total. The van der Waals surface area contributed by atoms with Crippen molar-refractivity contribution >= 4 is 0 Å². The summed E-state index contributed by atoms with van der Waals surface area (Å²) in [4.78, 5) is 2.52. The van der Waals surface area contributed by atoms with Gasteiger partial charge in [0.1, 0.15) is 0 Å². The molecule has 0 bridgehead atoms. The molecule has 0 aliphatic heterocycles. The molecule has 1 fully saturated rings. The van der Waals surface area contributed by atoms with Gasteiger partial charge in [0, 0.05) is 11.6 Å². The van der Waals surface area contributed by atoms with Crippen molar-refractivity contribution in [3.63, 3.8) is 0 Å². The minimum atomic E-state index is 0.400. The van der Waals surface area contributed by atoms with Crippen molar-refractivity contribution in [2.75, 3.05) is 20.6 Å².